The van der Waals surface area contributed by atoms with Gasteiger partial charge in [0.2, 0.25) is 0 Å². The first kappa shape index (κ1) is 58.1. The second-order valence-electron chi connectivity index (χ2n) is 21.6. The van der Waals surface area contributed by atoms with Gasteiger partial charge in [-0.25, -0.2) is 0 Å². The third-order valence-corrected chi connectivity index (χ3v) is 15.1. The van der Waals surface area contributed by atoms with Crippen LogP contribution in [0.3, 0.4) is 0 Å². The molecule has 0 aliphatic carbocycles. The van der Waals surface area contributed by atoms with Crippen LogP contribution in [-0.4, -0.2) is 111 Å². The summed E-state index contributed by atoms with van der Waals surface area (Å²) in [4.78, 5) is 38.4. The standard InChI is InChI=1S/C57H100O12/c1-5-8-20-30-45-50(65-45)38-52-47(67-52)33-24-15-12-18-27-36-56(59)63-41-44(40-62-55(58)35-26-17-11-14-23-29-43(4)61-42-54-49(69-54)32-22-10-7-3)64-57(60)37-28-19-13-16-25-34-48-53(68-48)39-51-46(66-51)31-21-9-6-2/h43-54H,5-42H2,1-4H3. The molecule has 400 valence electrons. The van der Waals surface area contributed by atoms with Crippen molar-refractivity contribution in [3.05, 3.63) is 0 Å². The number of carbonyl (C=O) groups is 3. The zero-order valence-electron chi connectivity index (χ0n) is 44.2. The van der Waals surface area contributed by atoms with Crippen molar-refractivity contribution in [1.29, 1.82) is 0 Å². The second-order valence-corrected chi connectivity index (χ2v) is 21.6. The van der Waals surface area contributed by atoms with Crippen LogP contribution in [0.2, 0.25) is 0 Å². The molecule has 0 bridgehead atoms. The van der Waals surface area contributed by atoms with Crippen LogP contribution in [0.4, 0.5) is 0 Å². The Hall–Kier alpha value is -1.83. The average molecular weight is 977 g/mol. The molecule has 0 aromatic rings. The minimum atomic E-state index is -0.820. The van der Waals surface area contributed by atoms with Gasteiger partial charge < -0.3 is 42.6 Å². The van der Waals surface area contributed by atoms with E-state index in [2.05, 4.69) is 27.7 Å². The molecule has 5 saturated heterocycles. The van der Waals surface area contributed by atoms with E-state index < -0.39 is 6.10 Å². The molecule has 0 N–H and O–H groups in total. The molecule has 0 aromatic carbocycles. The van der Waals surface area contributed by atoms with Gasteiger partial charge in [-0.3, -0.25) is 14.4 Å². The maximum absolute atomic E-state index is 12.9. The summed E-state index contributed by atoms with van der Waals surface area (Å²) in [5.74, 6) is -0.979. The summed E-state index contributed by atoms with van der Waals surface area (Å²) in [6.45, 7) is 9.32. The van der Waals surface area contributed by atoms with E-state index in [-0.39, 0.29) is 49.8 Å². The van der Waals surface area contributed by atoms with Gasteiger partial charge in [0.1, 0.15) is 19.3 Å². The molecule has 0 amide bonds. The van der Waals surface area contributed by atoms with Gasteiger partial charge in [-0.05, 0) is 64.7 Å². The predicted molar refractivity (Wildman–Crippen MR) is 269 cm³/mol. The fraction of sp³-hybridized carbons (Fsp3) is 0.947. The van der Waals surface area contributed by atoms with Gasteiger partial charge >= 0.3 is 17.9 Å². The highest BCUT2D eigenvalue weighted by atomic mass is 16.6. The number of rotatable bonds is 48. The summed E-state index contributed by atoms with van der Waals surface area (Å²) in [5.41, 5.74) is 0. The SMILES string of the molecule is CCCCCC1OC1COC(C)CCCCCCCC(=O)OCC(COC(=O)CCCCCCCC1OC1CC1OC1CCCCC)OC(=O)CCCCCCCC1OC1CC1OC1CCCCC. The van der Waals surface area contributed by atoms with Crippen LogP contribution in [-0.2, 0) is 57.0 Å². The van der Waals surface area contributed by atoms with Crippen molar-refractivity contribution in [2.45, 2.75) is 326 Å². The normalized spacial score (nSPS) is 27.1. The highest BCUT2D eigenvalue weighted by Gasteiger charge is 2.48. The lowest BCUT2D eigenvalue weighted by Gasteiger charge is -2.18. The number of hydrogen-bond donors (Lipinski definition) is 0. The van der Waals surface area contributed by atoms with Crippen molar-refractivity contribution < 1.29 is 57.0 Å². The number of epoxide rings is 5. The molecular weight excluding hydrogens is 877 g/mol. The van der Waals surface area contributed by atoms with Gasteiger partial charge in [0.05, 0.1) is 67.6 Å². The molecule has 12 nitrogen and oxygen atoms in total. The summed E-state index contributed by atoms with van der Waals surface area (Å²) in [5, 5.41) is 0. The molecule has 0 radical (unpaired) electrons. The van der Waals surface area contributed by atoms with Gasteiger partial charge in [-0.15, -0.1) is 0 Å². The number of carbonyl (C=O) groups excluding carboxylic acids is 3. The van der Waals surface area contributed by atoms with Crippen LogP contribution < -0.4 is 0 Å². The maximum atomic E-state index is 12.9. The Morgan fingerprint density at radius 2 is 0.725 bits per heavy atom. The highest BCUT2D eigenvalue weighted by Crippen LogP contribution is 2.40. The first-order valence-corrected chi connectivity index (χ1v) is 29.2. The lowest BCUT2D eigenvalue weighted by atomic mass is 10.0. The monoisotopic (exact) mass is 977 g/mol. The fourth-order valence-electron chi connectivity index (χ4n) is 10.1. The lowest BCUT2D eigenvalue weighted by Crippen LogP contribution is -2.30. The molecule has 0 saturated carbocycles. The highest BCUT2D eigenvalue weighted by molar-refractivity contribution is 5.71. The minimum Gasteiger partial charge on any atom is -0.462 e. The number of hydrogen-bond acceptors (Lipinski definition) is 12. The van der Waals surface area contributed by atoms with Crippen molar-refractivity contribution in [2.24, 2.45) is 0 Å². The molecule has 0 aromatic heterocycles. The Bertz CT molecular complexity index is 1350. The Balaban J connectivity index is 0.870. The van der Waals surface area contributed by atoms with Gasteiger partial charge in [0.25, 0.3) is 0 Å². The van der Waals surface area contributed by atoms with Crippen molar-refractivity contribution in [2.75, 3.05) is 19.8 Å². The predicted octanol–water partition coefficient (Wildman–Crippen LogP) is 12.9. The molecule has 69 heavy (non-hydrogen) atoms. The van der Waals surface area contributed by atoms with E-state index in [0.717, 1.165) is 135 Å². The molecule has 0 spiro atoms. The molecule has 5 fully saturated rings. The summed E-state index contributed by atoms with van der Waals surface area (Å²) >= 11 is 0. The molecule has 5 rings (SSSR count). The summed E-state index contributed by atoms with van der Waals surface area (Å²) < 4.78 is 52.3. The Kier molecular flexibility index (Phi) is 29.1. The van der Waals surface area contributed by atoms with Crippen molar-refractivity contribution >= 4 is 17.9 Å². The van der Waals surface area contributed by atoms with Crippen LogP contribution in [0.5, 0.6) is 0 Å². The third-order valence-electron chi connectivity index (χ3n) is 15.1. The third kappa shape index (κ3) is 27.2. The molecule has 12 unspecified atom stereocenters. The van der Waals surface area contributed by atoms with Crippen LogP contribution >= 0.6 is 0 Å². The minimum absolute atomic E-state index is 0.113. The largest absolute Gasteiger partial charge is 0.462 e. The molecule has 12 heteroatoms. The van der Waals surface area contributed by atoms with Crippen LogP contribution in [0.25, 0.3) is 0 Å². The van der Waals surface area contributed by atoms with E-state index in [4.69, 9.17) is 42.6 Å². The van der Waals surface area contributed by atoms with Crippen LogP contribution in [0, 0.1) is 0 Å². The Labute approximate surface area is 419 Å². The van der Waals surface area contributed by atoms with Gasteiger partial charge in [-0.2, -0.15) is 0 Å². The fourth-order valence-corrected chi connectivity index (χ4v) is 10.1. The number of unbranched alkanes of at least 4 members (excludes halogenated alkanes) is 18. The van der Waals surface area contributed by atoms with E-state index in [1.165, 1.54) is 70.6 Å². The molecule has 5 aliphatic heterocycles. The van der Waals surface area contributed by atoms with Crippen LogP contribution in [0.15, 0.2) is 0 Å². The molecular formula is C57H100O12. The molecule has 12 atom stereocenters. The lowest BCUT2D eigenvalue weighted by molar-refractivity contribution is -0.167. The summed E-state index contributed by atoms with van der Waals surface area (Å²) in [7, 11) is 0. The first-order chi connectivity index (χ1) is 33.8. The van der Waals surface area contributed by atoms with E-state index >= 15 is 0 Å². The second kappa shape index (κ2) is 34.6. The molecule has 5 heterocycles. The van der Waals surface area contributed by atoms with Crippen molar-refractivity contribution in [3.8, 4) is 0 Å². The number of esters is 3. The van der Waals surface area contributed by atoms with Gasteiger partial charge in [-0.1, -0.05) is 156 Å². The molecule has 5 aliphatic rings. The number of ether oxygens (including phenoxy) is 9. The topological polar surface area (TPSA) is 151 Å². The quantitative estimate of drug-likeness (QED) is 0.0247. The Morgan fingerprint density at radius 1 is 0.391 bits per heavy atom. The van der Waals surface area contributed by atoms with Crippen LogP contribution in [0.1, 0.15) is 252 Å². The van der Waals surface area contributed by atoms with E-state index in [9.17, 15) is 14.4 Å². The summed E-state index contributed by atoms with van der Waals surface area (Å²) in [6, 6.07) is 0. The smallest absolute Gasteiger partial charge is 0.306 e. The zero-order valence-corrected chi connectivity index (χ0v) is 44.2. The maximum Gasteiger partial charge on any atom is 0.306 e. The van der Waals surface area contributed by atoms with Crippen molar-refractivity contribution in [3.63, 3.8) is 0 Å². The van der Waals surface area contributed by atoms with E-state index in [1.807, 2.05) is 0 Å². The average Bonchev–Trinajstić information content (AvgIpc) is 4.06. The van der Waals surface area contributed by atoms with Gasteiger partial charge in [0.15, 0.2) is 6.10 Å². The summed E-state index contributed by atoms with van der Waals surface area (Å²) in [6.07, 6.45) is 39.5. The van der Waals surface area contributed by atoms with Gasteiger partial charge in [0, 0.05) is 32.1 Å². The van der Waals surface area contributed by atoms with E-state index in [0.29, 0.717) is 74.4 Å². The van der Waals surface area contributed by atoms with Crippen molar-refractivity contribution in [1.82, 2.24) is 0 Å². The Morgan fingerprint density at radius 3 is 1.14 bits per heavy atom. The van der Waals surface area contributed by atoms with E-state index in [1.54, 1.807) is 0 Å². The zero-order chi connectivity index (χ0) is 48.9. The first-order valence-electron chi connectivity index (χ1n) is 29.2.